The van der Waals surface area contributed by atoms with E-state index in [1.807, 2.05) is 6.92 Å². The fraction of sp³-hybridized carbons (Fsp3) is 0.474. The van der Waals surface area contributed by atoms with Crippen molar-refractivity contribution >= 4 is 17.3 Å². The molecule has 0 spiro atoms. The van der Waals surface area contributed by atoms with E-state index in [4.69, 9.17) is 4.74 Å². The Labute approximate surface area is 158 Å². The quantitative estimate of drug-likeness (QED) is 0.544. The summed E-state index contributed by atoms with van der Waals surface area (Å²) in [6.07, 6.45) is 0.642. The minimum Gasteiger partial charge on any atom is -0.486 e. The first-order chi connectivity index (χ1) is 12.5. The van der Waals surface area contributed by atoms with E-state index in [1.165, 1.54) is 11.1 Å². The molecule has 0 amide bonds. The third-order valence-electron chi connectivity index (χ3n) is 3.68. The Bertz CT molecular complexity index is 717. The summed E-state index contributed by atoms with van der Waals surface area (Å²) in [4.78, 5) is 8.82. The number of aliphatic imine (C=N–C) groups is 1. The van der Waals surface area contributed by atoms with Gasteiger partial charge in [-0.3, -0.25) is 4.99 Å². The second kappa shape index (κ2) is 10.1. The highest BCUT2D eigenvalue weighted by Crippen LogP contribution is 2.19. The van der Waals surface area contributed by atoms with Crippen molar-refractivity contribution < 1.29 is 9.13 Å². The maximum absolute atomic E-state index is 13.6. The molecule has 2 aromatic rings. The number of hydrogen-bond acceptors (Lipinski definition) is 4. The number of para-hydroxylation sites is 1. The van der Waals surface area contributed by atoms with Crippen molar-refractivity contribution in [1.82, 2.24) is 15.6 Å². The number of aromatic nitrogens is 1. The summed E-state index contributed by atoms with van der Waals surface area (Å²) in [6, 6.07) is 6.41. The van der Waals surface area contributed by atoms with Gasteiger partial charge in [-0.25, -0.2) is 9.37 Å². The van der Waals surface area contributed by atoms with Gasteiger partial charge >= 0.3 is 0 Å². The average Bonchev–Trinajstić information content (AvgIpc) is 3.09. The Morgan fingerprint density at radius 3 is 2.69 bits per heavy atom. The lowest BCUT2D eigenvalue weighted by Crippen LogP contribution is -2.42. The second-order valence-electron chi connectivity index (χ2n) is 6.32. The van der Waals surface area contributed by atoms with Crippen molar-refractivity contribution in [2.24, 2.45) is 4.99 Å². The van der Waals surface area contributed by atoms with Crippen LogP contribution in [0.25, 0.3) is 0 Å². The molecule has 0 radical (unpaired) electrons. The predicted octanol–water partition coefficient (Wildman–Crippen LogP) is 3.58. The van der Waals surface area contributed by atoms with E-state index in [0.29, 0.717) is 18.4 Å². The van der Waals surface area contributed by atoms with Gasteiger partial charge in [-0.05, 0) is 19.1 Å². The number of nitrogens with one attached hydrogen (secondary N) is 2. The summed E-state index contributed by atoms with van der Waals surface area (Å²) in [5.74, 6) is 1.06. The zero-order chi connectivity index (χ0) is 18.9. The number of thiazole rings is 1. The van der Waals surface area contributed by atoms with E-state index in [1.54, 1.807) is 36.6 Å². The summed E-state index contributed by atoms with van der Waals surface area (Å²) >= 11 is 1.71. The fourth-order valence-corrected chi connectivity index (χ4v) is 3.14. The van der Waals surface area contributed by atoms with Crippen LogP contribution in [0.4, 0.5) is 4.39 Å². The first kappa shape index (κ1) is 20.2. The van der Waals surface area contributed by atoms with Crippen LogP contribution >= 0.6 is 11.3 Å². The highest BCUT2D eigenvalue weighted by molar-refractivity contribution is 7.09. The molecule has 0 saturated heterocycles. The van der Waals surface area contributed by atoms with Gasteiger partial charge in [-0.15, -0.1) is 11.3 Å². The summed E-state index contributed by atoms with van der Waals surface area (Å²) < 4.78 is 19.2. The molecular formula is C19H27FN4OS. The summed E-state index contributed by atoms with van der Waals surface area (Å²) in [7, 11) is 1.72. The van der Waals surface area contributed by atoms with Crippen LogP contribution in [0.2, 0.25) is 0 Å². The van der Waals surface area contributed by atoms with Crippen LogP contribution in [0.5, 0.6) is 5.75 Å². The van der Waals surface area contributed by atoms with Crippen molar-refractivity contribution in [3.05, 3.63) is 46.2 Å². The Kier molecular flexibility index (Phi) is 7.84. The van der Waals surface area contributed by atoms with Gasteiger partial charge in [0.1, 0.15) is 6.10 Å². The number of nitrogens with zero attached hydrogens (tertiary/aromatic N) is 2. The van der Waals surface area contributed by atoms with Gasteiger partial charge in [-0.1, -0.05) is 26.0 Å². The first-order valence-electron chi connectivity index (χ1n) is 8.79. The van der Waals surface area contributed by atoms with Crippen LogP contribution < -0.4 is 15.4 Å². The number of hydrogen-bond donors (Lipinski definition) is 2. The Hall–Kier alpha value is -2.15. The normalized spacial score (nSPS) is 12.9. The lowest BCUT2D eigenvalue weighted by Gasteiger charge is -2.18. The number of guanidine groups is 1. The molecule has 26 heavy (non-hydrogen) atoms. The molecule has 0 aliphatic carbocycles. The third-order valence-corrected chi connectivity index (χ3v) is 4.88. The van der Waals surface area contributed by atoms with Crippen molar-refractivity contribution in [3.63, 3.8) is 0 Å². The predicted molar refractivity (Wildman–Crippen MR) is 106 cm³/mol. The second-order valence-corrected chi connectivity index (χ2v) is 7.21. The Balaban J connectivity index is 1.72. The molecule has 5 nitrogen and oxygen atoms in total. The first-order valence-corrected chi connectivity index (χ1v) is 9.67. The van der Waals surface area contributed by atoms with E-state index in [-0.39, 0.29) is 17.7 Å². The van der Waals surface area contributed by atoms with Gasteiger partial charge in [0.15, 0.2) is 17.5 Å². The van der Waals surface area contributed by atoms with Crippen molar-refractivity contribution in [2.45, 2.75) is 39.2 Å². The van der Waals surface area contributed by atoms with Crippen molar-refractivity contribution in [1.29, 1.82) is 0 Å². The standard InChI is InChI=1S/C19H27FN4OS/c1-13(2)18-24-15(12-26-18)9-10-22-19(21-4)23-11-14(3)25-17-8-6-5-7-16(17)20/h5-8,12-14H,9-11H2,1-4H3,(H2,21,22,23). The van der Waals surface area contributed by atoms with E-state index >= 15 is 0 Å². The summed E-state index contributed by atoms with van der Waals surface area (Å²) in [6.45, 7) is 7.44. The zero-order valence-corrected chi connectivity index (χ0v) is 16.6. The van der Waals surface area contributed by atoms with Gasteiger partial charge in [0.25, 0.3) is 0 Å². The van der Waals surface area contributed by atoms with Gasteiger partial charge in [-0.2, -0.15) is 0 Å². The number of rotatable bonds is 8. The molecule has 1 heterocycles. The Morgan fingerprint density at radius 1 is 1.27 bits per heavy atom. The molecule has 0 saturated carbocycles. The van der Waals surface area contributed by atoms with Crippen LogP contribution in [0, 0.1) is 5.82 Å². The smallest absolute Gasteiger partial charge is 0.191 e. The third kappa shape index (κ3) is 6.29. The minimum atomic E-state index is -0.356. The fourth-order valence-electron chi connectivity index (χ4n) is 2.27. The molecule has 0 bridgehead atoms. The molecule has 2 N–H and O–H groups in total. The lowest BCUT2D eigenvalue weighted by atomic mass is 10.2. The zero-order valence-electron chi connectivity index (χ0n) is 15.8. The van der Waals surface area contributed by atoms with Crippen LogP contribution in [0.3, 0.4) is 0 Å². The van der Waals surface area contributed by atoms with Crippen LogP contribution in [0.1, 0.15) is 37.4 Å². The van der Waals surface area contributed by atoms with Crippen LogP contribution in [-0.2, 0) is 6.42 Å². The molecule has 7 heteroatoms. The van der Waals surface area contributed by atoms with Crippen LogP contribution in [-0.4, -0.2) is 37.2 Å². The van der Waals surface area contributed by atoms with Gasteiger partial charge < -0.3 is 15.4 Å². The number of halogens is 1. The minimum absolute atomic E-state index is 0.197. The molecule has 142 valence electrons. The summed E-state index contributed by atoms with van der Waals surface area (Å²) in [5.41, 5.74) is 1.10. The van der Waals surface area contributed by atoms with E-state index in [9.17, 15) is 4.39 Å². The van der Waals surface area contributed by atoms with Crippen molar-refractivity contribution in [2.75, 3.05) is 20.1 Å². The lowest BCUT2D eigenvalue weighted by molar-refractivity contribution is 0.214. The highest BCUT2D eigenvalue weighted by atomic mass is 32.1. The van der Waals surface area contributed by atoms with E-state index in [0.717, 1.165) is 18.7 Å². The maximum atomic E-state index is 13.6. The van der Waals surface area contributed by atoms with E-state index < -0.39 is 0 Å². The average molecular weight is 379 g/mol. The Morgan fingerprint density at radius 2 is 2.04 bits per heavy atom. The number of ether oxygens (including phenoxy) is 1. The summed E-state index contributed by atoms with van der Waals surface area (Å²) in [5, 5.41) is 9.73. The highest BCUT2D eigenvalue weighted by Gasteiger charge is 2.09. The molecule has 2 rings (SSSR count). The van der Waals surface area contributed by atoms with Gasteiger partial charge in [0.2, 0.25) is 0 Å². The molecule has 1 aromatic heterocycles. The topological polar surface area (TPSA) is 58.5 Å². The molecule has 0 aliphatic rings. The van der Waals surface area contributed by atoms with Gasteiger partial charge in [0.05, 0.1) is 17.2 Å². The van der Waals surface area contributed by atoms with E-state index in [2.05, 4.69) is 39.8 Å². The molecule has 1 atom stereocenters. The monoisotopic (exact) mass is 378 g/mol. The SMILES string of the molecule is CN=C(NCCc1csc(C(C)C)n1)NCC(C)Oc1ccccc1F. The molecular weight excluding hydrogens is 351 g/mol. The molecule has 1 unspecified atom stereocenters. The molecule has 0 aliphatic heterocycles. The molecule has 0 fully saturated rings. The van der Waals surface area contributed by atoms with Crippen molar-refractivity contribution in [3.8, 4) is 5.75 Å². The number of benzene rings is 1. The molecule has 1 aromatic carbocycles. The van der Waals surface area contributed by atoms with Gasteiger partial charge in [0, 0.05) is 31.3 Å². The van der Waals surface area contributed by atoms with Crippen LogP contribution in [0.15, 0.2) is 34.6 Å². The largest absolute Gasteiger partial charge is 0.486 e. The maximum Gasteiger partial charge on any atom is 0.191 e.